The lowest BCUT2D eigenvalue weighted by Gasteiger charge is -2.26. The molecule has 0 saturated carbocycles. The van der Waals surface area contributed by atoms with Crippen LogP contribution in [0, 0.1) is 6.92 Å². The third-order valence-electron chi connectivity index (χ3n) is 5.67. The van der Waals surface area contributed by atoms with Crippen molar-refractivity contribution in [3.63, 3.8) is 0 Å². The van der Waals surface area contributed by atoms with Crippen molar-refractivity contribution in [2.75, 3.05) is 33.8 Å². The van der Waals surface area contributed by atoms with Crippen molar-refractivity contribution in [3.05, 3.63) is 87.8 Å². The molecule has 1 amide bonds. The van der Waals surface area contributed by atoms with E-state index in [-0.39, 0.29) is 17.1 Å². The van der Waals surface area contributed by atoms with Gasteiger partial charge in [-0.1, -0.05) is 36.4 Å². The minimum absolute atomic E-state index is 0.138. The van der Waals surface area contributed by atoms with Crippen LogP contribution in [0.3, 0.4) is 0 Å². The van der Waals surface area contributed by atoms with Crippen molar-refractivity contribution in [2.24, 2.45) is 0 Å². The molecule has 0 fully saturated rings. The van der Waals surface area contributed by atoms with Gasteiger partial charge in [0, 0.05) is 6.54 Å². The van der Waals surface area contributed by atoms with E-state index in [0.29, 0.717) is 35.4 Å². The van der Waals surface area contributed by atoms with E-state index in [1.807, 2.05) is 57.4 Å². The summed E-state index contributed by atoms with van der Waals surface area (Å²) in [6.07, 6.45) is 2.46. The molecule has 6 heteroatoms. The second kappa shape index (κ2) is 9.01. The zero-order valence-corrected chi connectivity index (χ0v) is 18.8. The molecule has 0 radical (unpaired) electrons. The van der Waals surface area contributed by atoms with Gasteiger partial charge < -0.3 is 19.0 Å². The Morgan fingerprint density at radius 2 is 2.00 bits per heavy atom. The Morgan fingerprint density at radius 3 is 2.75 bits per heavy atom. The molecule has 32 heavy (non-hydrogen) atoms. The van der Waals surface area contributed by atoms with Gasteiger partial charge in [0.2, 0.25) is 5.76 Å². The molecule has 0 bridgehead atoms. The third kappa shape index (κ3) is 4.06. The molecule has 2 heterocycles. The van der Waals surface area contributed by atoms with E-state index in [1.54, 1.807) is 17.0 Å². The number of hydrogen-bond donors (Lipinski definition) is 0. The monoisotopic (exact) mass is 432 g/mol. The van der Waals surface area contributed by atoms with Gasteiger partial charge in [0.25, 0.3) is 5.91 Å². The normalized spacial score (nSPS) is 15.4. The van der Waals surface area contributed by atoms with Gasteiger partial charge in [-0.15, -0.1) is 0 Å². The van der Waals surface area contributed by atoms with Crippen molar-refractivity contribution in [1.29, 1.82) is 0 Å². The lowest BCUT2D eigenvalue weighted by atomic mass is 9.98. The van der Waals surface area contributed by atoms with Gasteiger partial charge >= 0.3 is 0 Å². The molecule has 1 aliphatic heterocycles. The smallest absolute Gasteiger partial charge is 0.290 e. The molecule has 6 nitrogen and oxygen atoms in total. The summed E-state index contributed by atoms with van der Waals surface area (Å²) >= 11 is 0. The molecule has 166 valence electrons. The molecule has 1 atom stereocenters. The van der Waals surface area contributed by atoms with Crippen LogP contribution in [-0.2, 0) is 0 Å². The molecular weight excluding hydrogens is 404 g/mol. The van der Waals surface area contributed by atoms with Crippen LogP contribution in [0.5, 0.6) is 5.75 Å². The lowest BCUT2D eigenvalue weighted by molar-refractivity contribution is 0.0722. The molecule has 1 aromatic heterocycles. The zero-order chi connectivity index (χ0) is 22.8. The Bertz CT molecular complexity index is 1230. The van der Waals surface area contributed by atoms with E-state index >= 15 is 0 Å². The quantitative estimate of drug-likeness (QED) is 0.500. The number of amides is 1. The highest BCUT2D eigenvalue weighted by Crippen LogP contribution is 2.39. The molecule has 2 aromatic carbocycles. The van der Waals surface area contributed by atoms with E-state index in [0.717, 1.165) is 24.1 Å². The number of carbonyl (C=O) groups excluding carboxylic acids is 1. The van der Waals surface area contributed by atoms with Crippen molar-refractivity contribution >= 4 is 16.9 Å². The van der Waals surface area contributed by atoms with Crippen molar-refractivity contribution < 1.29 is 13.9 Å². The summed E-state index contributed by atoms with van der Waals surface area (Å²) in [4.78, 5) is 30.8. The fourth-order valence-electron chi connectivity index (χ4n) is 4.20. The Kier molecular flexibility index (Phi) is 6.15. The van der Waals surface area contributed by atoms with E-state index in [4.69, 9.17) is 9.15 Å². The number of fused-ring (bicyclic) bond motifs is 2. The summed E-state index contributed by atoms with van der Waals surface area (Å²) in [6, 6.07) is 12.5. The average molecular weight is 433 g/mol. The largest absolute Gasteiger partial charge is 0.490 e. The molecule has 3 aromatic rings. The summed E-state index contributed by atoms with van der Waals surface area (Å²) in [5, 5.41) is 0.496. The van der Waals surface area contributed by atoms with Crippen LogP contribution in [0.15, 0.2) is 64.3 Å². The minimum atomic E-state index is -0.520. The molecule has 0 saturated heterocycles. The van der Waals surface area contributed by atoms with E-state index in [9.17, 15) is 9.59 Å². The molecule has 0 N–H and O–H groups in total. The van der Waals surface area contributed by atoms with Crippen LogP contribution in [-0.4, -0.2) is 49.5 Å². The van der Waals surface area contributed by atoms with E-state index in [1.165, 1.54) is 0 Å². The standard InChI is InChI=1S/C26H28N2O4/c1-5-14-31-19-9-6-8-18(16-19)23-22-24(29)20-15-17(2)10-11-21(20)32-25(22)26(30)28(23)13-7-12-27(3)4/h5-6,8-11,15-16,23H,1,7,12-14H2,2-4H3/t23-/m0/s1. The maximum Gasteiger partial charge on any atom is 0.290 e. The highest BCUT2D eigenvalue weighted by atomic mass is 16.5. The van der Waals surface area contributed by atoms with Gasteiger partial charge in [0.15, 0.2) is 5.43 Å². The van der Waals surface area contributed by atoms with Crippen LogP contribution in [0.25, 0.3) is 11.0 Å². The SMILES string of the molecule is C=CCOc1cccc([C@H]2c3c(oc4ccc(C)cc4c3=O)C(=O)N2CCCN(C)C)c1. The fourth-order valence-corrected chi connectivity index (χ4v) is 4.20. The number of aryl methyl sites for hydroxylation is 1. The van der Waals surface area contributed by atoms with Crippen molar-refractivity contribution in [2.45, 2.75) is 19.4 Å². The third-order valence-corrected chi connectivity index (χ3v) is 5.67. The Labute approximate surface area is 187 Å². The first-order chi connectivity index (χ1) is 15.4. The number of rotatable bonds is 8. The van der Waals surface area contributed by atoms with Crippen LogP contribution in [0.1, 0.15) is 39.7 Å². The van der Waals surface area contributed by atoms with Gasteiger partial charge in [-0.25, -0.2) is 0 Å². The molecule has 0 unspecified atom stereocenters. The summed E-state index contributed by atoms with van der Waals surface area (Å²) in [5.74, 6) is 0.553. The van der Waals surface area contributed by atoms with Crippen LogP contribution in [0.2, 0.25) is 0 Å². The molecule has 0 spiro atoms. The van der Waals surface area contributed by atoms with Crippen LogP contribution < -0.4 is 10.2 Å². The average Bonchev–Trinajstić information content (AvgIpc) is 3.05. The fraction of sp³-hybridized carbons (Fsp3) is 0.308. The molecule has 4 rings (SSSR count). The zero-order valence-electron chi connectivity index (χ0n) is 18.8. The number of ether oxygens (including phenoxy) is 1. The van der Waals surface area contributed by atoms with Gasteiger partial charge in [0.05, 0.1) is 17.0 Å². The Balaban J connectivity index is 1.85. The van der Waals surface area contributed by atoms with Crippen LogP contribution in [0.4, 0.5) is 0 Å². The number of hydrogen-bond acceptors (Lipinski definition) is 5. The topological polar surface area (TPSA) is 63.0 Å². The lowest BCUT2D eigenvalue weighted by Crippen LogP contribution is -2.32. The van der Waals surface area contributed by atoms with Crippen molar-refractivity contribution in [3.8, 4) is 5.75 Å². The summed E-state index contributed by atoms with van der Waals surface area (Å²) < 4.78 is 11.7. The highest BCUT2D eigenvalue weighted by molar-refractivity contribution is 5.99. The van der Waals surface area contributed by atoms with E-state index < -0.39 is 6.04 Å². The number of carbonyl (C=O) groups is 1. The van der Waals surface area contributed by atoms with Crippen molar-refractivity contribution in [1.82, 2.24) is 9.80 Å². The maximum atomic E-state index is 13.6. The first-order valence-electron chi connectivity index (χ1n) is 10.8. The highest BCUT2D eigenvalue weighted by Gasteiger charge is 2.42. The molecule has 1 aliphatic rings. The van der Waals surface area contributed by atoms with Gasteiger partial charge in [-0.3, -0.25) is 9.59 Å². The minimum Gasteiger partial charge on any atom is -0.490 e. The second-order valence-electron chi connectivity index (χ2n) is 8.40. The molecular formula is C26H28N2O4. The van der Waals surface area contributed by atoms with E-state index in [2.05, 4.69) is 11.5 Å². The number of nitrogens with zero attached hydrogens (tertiary/aromatic N) is 2. The first kappa shape index (κ1) is 21.8. The predicted octanol–water partition coefficient (Wildman–Crippen LogP) is 4.16. The Hall–Kier alpha value is -3.38. The summed E-state index contributed by atoms with van der Waals surface area (Å²) in [5.41, 5.74) is 2.47. The number of benzene rings is 2. The van der Waals surface area contributed by atoms with Crippen LogP contribution >= 0.6 is 0 Å². The predicted molar refractivity (Wildman–Crippen MR) is 125 cm³/mol. The Morgan fingerprint density at radius 1 is 1.19 bits per heavy atom. The maximum absolute atomic E-state index is 13.6. The summed E-state index contributed by atoms with van der Waals surface area (Å²) in [6.45, 7) is 7.34. The molecule has 0 aliphatic carbocycles. The summed E-state index contributed by atoms with van der Waals surface area (Å²) in [7, 11) is 4.00. The van der Waals surface area contributed by atoms with Gasteiger partial charge in [-0.2, -0.15) is 0 Å². The van der Waals surface area contributed by atoms with Gasteiger partial charge in [0.1, 0.15) is 17.9 Å². The second-order valence-corrected chi connectivity index (χ2v) is 8.40. The first-order valence-corrected chi connectivity index (χ1v) is 10.8. The van der Waals surface area contributed by atoms with Gasteiger partial charge in [-0.05, 0) is 63.8 Å².